The molecular formula is C19H41NO6. The second kappa shape index (κ2) is 26.5. The van der Waals surface area contributed by atoms with Crippen molar-refractivity contribution >= 4 is 5.91 Å². The Kier molecular flexibility index (Phi) is 28.0. The van der Waals surface area contributed by atoms with E-state index in [1.165, 1.54) is 0 Å². The summed E-state index contributed by atoms with van der Waals surface area (Å²) in [5.41, 5.74) is 0. The minimum absolute atomic E-state index is 0.0759. The highest BCUT2D eigenvalue weighted by Crippen LogP contribution is 1.86. The van der Waals surface area contributed by atoms with Crippen molar-refractivity contribution in [2.75, 3.05) is 72.6 Å². The fourth-order valence-corrected chi connectivity index (χ4v) is 1.70. The summed E-state index contributed by atoms with van der Waals surface area (Å²) in [5.74, 6) is 0.0759. The van der Waals surface area contributed by atoms with Gasteiger partial charge in [-0.3, -0.25) is 4.79 Å². The van der Waals surface area contributed by atoms with E-state index in [9.17, 15) is 4.79 Å². The molecule has 0 heterocycles. The lowest BCUT2D eigenvalue weighted by molar-refractivity contribution is -0.121. The zero-order valence-corrected chi connectivity index (χ0v) is 17.3. The van der Waals surface area contributed by atoms with E-state index in [2.05, 4.69) is 12.2 Å². The van der Waals surface area contributed by atoms with Gasteiger partial charge in [0.05, 0.1) is 59.5 Å². The lowest BCUT2D eigenvalue weighted by atomic mass is 10.3. The summed E-state index contributed by atoms with van der Waals surface area (Å²) < 4.78 is 26.7. The minimum atomic E-state index is 0.0759. The lowest BCUT2D eigenvalue weighted by Crippen LogP contribution is -2.27. The molecule has 1 N–H and O–H groups in total. The average Bonchev–Trinajstić information content (AvgIpc) is 2.66. The molecule has 7 nitrogen and oxygen atoms in total. The van der Waals surface area contributed by atoms with Gasteiger partial charge in [-0.15, -0.1) is 0 Å². The van der Waals surface area contributed by atoms with Gasteiger partial charge in [0.25, 0.3) is 0 Å². The Morgan fingerprint density at radius 2 is 1.00 bits per heavy atom. The zero-order valence-electron chi connectivity index (χ0n) is 17.3. The second-order valence-corrected chi connectivity index (χ2v) is 5.16. The number of hydrogen-bond acceptors (Lipinski definition) is 6. The average molecular weight is 380 g/mol. The number of amides is 1. The molecule has 0 unspecified atom stereocenters. The summed E-state index contributed by atoms with van der Waals surface area (Å²) >= 11 is 0. The molecule has 0 aromatic carbocycles. The molecule has 0 spiro atoms. The van der Waals surface area contributed by atoms with Crippen molar-refractivity contribution in [3.8, 4) is 0 Å². The summed E-state index contributed by atoms with van der Waals surface area (Å²) in [7, 11) is 0. The lowest BCUT2D eigenvalue weighted by Gasteiger charge is -2.08. The van der Waals surface area contributed by atoms with Gasteiger partial charge in [0.15, 0.2) is 0 Å². The molecule has 0 saturated heterocycles. The molecule has 0 saturated carbocycles. The quantitative estimate of drug-likeness (QED) is 0.347. The number of hydrogen-bond donors (Lipinski definition) is 1. The third kappa shape index (κ3) is 25.5. The largest absolute Gasteiger partial charge is 0.379 e. The van der Waals surface area contributed by atoms with Crippen molar-refractivity contribution < 1.29 is 28.5 Å². The van der Waals surface area contributed by atoms with Crippen LogP contribution in [0.3, 0.4) is 0 Å². The first-order chi connectivity index (χ1) is 12.8. The Morgan fingerprint density at radius 1 is 0.615 bits per heavy atom. The third-order valence-electron chi connectivity index (χ3n) is 2.88. The molecule has 0 aromatic heterocycles. The Hall–Kier alpha value is -0.730. The van der Waals surface area contributed by atoms with Gasteiger partial charge in [0.1, 0.15) is 0 Å². The van der Waals surface area contributed by atoms with E-state index >= 15 is 0 Å². The summed E-state index contributed by atoms with van der Waals surface area (Å²) in [5, 5.41) is 2.79. The van der Waals surface area contributed by atoms with E-state index in [0.717, 1.165) is 19.4 Å². The Bertz CT molecular complexity index is 266. The number of nitrogens with one attached hydrogen (secondary N) is 1. The van der Waals surface area contributed by atoms with E-state index < -0.39 is 0 Å². The fraction of sp³-hybridized carbons (Fsp3) is 0.947. The highest BCUT2D eigenvalue weighted by molar-refractivity contribution is 5.75. The van der Waals surface area contributed by atoms with E-state index in [1.54, 1.807) is 0 Å². The molecule has 0 fully saturated rings. The van der Waals surface area contributed by atoms with E-state index in [4.69, 9.17) is 23.7 Å². The zero-order chi connectivity index (χ0) is 19.7. The summed E-state index contributed by atoms with van der Waals surface area (Å²) in [6.45, 7) is 14.4. The molecule has 7 heteroatoms. The molecule has 0 radical (unpaired) electrons. The highest BCUT2D eigenvalue weighted by Gasteiger charge is 1.97. The fourth-order valence-electron chi connectivity index (χ4n) is 1.70. The smallest absolute Gasteiger partial charge is 0.220 e. The van der Waals surface area contributed by atoms with Crippen LogP contribution in [0.2, 0.25) is 0 Å². The van der Waals surface area contributed by atoms with Crippen LogP contribution in [0.1, 0.15) is 47.0 Å². The number of rotatable bonds is 19. The maximum absolute atomic E-state index is 11.2. The first kappa shape index (κ1) is 27.5. The number of ether oxygens (including phenoxy) is 5. The molecule has 158 valence electrons. The van der Waals surface area contributed by atoms with Crippen LogP contribution in [0.25, 0.3) is 0 Å². The first-order valence-electron chi connectivity index (χ1n) is 9.96. The Morgan fingerprint density at radius 3 is 1.38 bits per heavy atom. The van der Waals surface area contributed by atoms with Crippen molar-refractivity contribution in [1.82, 2.24) is 5.32 Å². The summed E-state index contributed by atoms with van der Waals surface area (Å²) in [6.07, 6.45) is 2.46. The molecule has 0 rings (SSSR count). The molecule has 26 heavy (non-hydrogen) atoms. The van der Waals surface area contributed by atoms with Gasteiger partial charge in [-0.2, -0.15) is 0 Å². The monoisotopic (exact) mass is 379 g/mol. The maximum atomic E-state index is 11.2. The van der Waals surface area contributed by atoms with Crippen molar-refractivity contribution in [3.63, 3.8) is 0 Å². The highest BCUT2D eigenvalue weighted by atomic mass is 16.6. The van der Waals surface area contributed by atoms with Crippen LogP contribution in [-0.4, -0.2) is 78.5 Å². The van der Waals surface area contributed by atoms with Crippen molar-refractivity contribution in [1.29, 1.82) is 0 Å². The molecule has 0 aliphatic heterocycles. The van der Waals surface area contributed by atoms with Crippen LogP contribution in [-0.2, 0) is 28.5 Å². The molecule has 0 aliphatic carbocycles. The van der Waals surface area contributed by atoms with Gasteiger partial charge < -0.3 is 29.0 Å². The molecule has 0 aromatic rings. The van der Waals surface area contributed by atoms with Gasteiger partial charge in [-0.05, 0) is 12.8 Å². The van der Waals surface area contributed by atoms with Crippen LogP contribution in [0, 0.1) is 0 Å². The second-order valence-electron chi connectivity index (χ2n) is 5.16. The van der Waals surface area contributed by atoms with Crippen LogP contribution in [0.4, 0.5) is 0 Å². The number of carbonyl (C=O) groups excluding carboxylic acids is 1. The van der Waals surface area contributed by atoms with Gasteiger partial charge in [-0.25, -0.2) is 0 Å². The van der Waals surface area contributed by atoms with Crippen LogP contribution in [0.15, 0.2) is 0 Å². The third-order valence-corrected chi connectivity index (χ3v) is 2.88. The van der Waals surface area contributed by atoms with E-state index in [-0.39, 0.29) is 5.91 Å². The van der Waals surface area contributed by atoms with E-state index in [0.29, 0.717) is 72.4 Å². The summed E-state index contributed by atoms with van der Waals surface area (Å²) in [4.78, 5) is 11.2. The molecule has 0 atom stereocenters. The van der Waals surface area contributed by atoms with Crippen LogP contribution >= 0.6 is 0 Å². The van der Waals surface area contributed by atoms with Crippen molar-refractivity contribution in [3.05, 3.63) is 0 Å². The molecular weight excluding hydrogens is 338 g/mol. The molecule has 0 aliphatic rings. The van der Waals surface area contributed by atoms with E-state index in [1.807, 2.05) is 20.8 Å². The maximum Gasteiger partial charge on any atom is 0.220 e. The standard InChI is InChI=1S/C17H35NO6.C2H6/c1-3-5-17(19)18-6-8-21-10-12-23-14-16-24-15-13-22-11-9-20-7-4-2;1-2/h3-16H2,1-2H3,(H,18,19);1-2H3. The van der Waals surface area contributed by atoms with Crippen molar-refractivity contribution in [2.45, 2.75) is 47.0 Å². The Balaban J connectivity index is 0. The van der Waals surface area contributed by atoms with Gasteiger partial charge >= 0.3 is 0 Å². The van der Waals surface area contributed by atoms with Crippen LogP contribution < -0.4 is 5.32 Å². The van der Waals surface area contributed by atoms with Gasteiger partial charge in [0, 0.05) is 19.6 Å². The number of carbonyl (C=O) groups is 1. The van der Waals surface area contributed by atoms with Crippen molar-refractivity contribution in [2.24, 2.45) is 0 Å². The normalized spacial score (nSPS) is 10.3. The van der Waals surface area contributed by atoms with Gasteiger partial charge in [-0.1, -0.05) is 27.7 Å². The first-order valence-corrected chi connectivity index (χ1v) is 9.96. The Labute approximate surface area is 160 Å². The van der Waals surface area contributed by atoms with Gasteiger partial charge in [0.2, 0.25) is 5.91 Å². The predicted octanol–water partition coefficient (Wildman–Crippen LogP) is 2.42. The minimum Gasteiger partial charge on any atom is -0.379 e. The van der Waals surface area contributed by atoms with Crippen LogP contribution in [0.5, 0.6) is 0 Å². The predicted molar refractivity (Wildman–Crippen MR) is 104 cm³/mol. The SMILES string of the molecule is CC.CCCOCCOCCOCCOCCOCCNC(=O)CCC. The topological polar surface area (TPSA) is 75.2 Å². The summed E-state index contributed by atoms with van der Waals surface area (Å²) in [6, 6.07) is 0. The molecule has 1 amide bonds. The molecule has 0 bridgehead atoms.